The summed E-state index contributed by atoms with van der Waals surface area (Å²) >= 11 is 0. The maximum atomic E-state index is 12.0. The summed E-state index contributed by atoms with van der Waals surface area (Å²) in [5.74, 6) is -0.0176. The van der Waals surface area contributed by atoms with E-state index in [4.69, 9.17) is 0 Å². The van der Waals surface area contributed by atoms with E-state index in [-0.39, 0.29) is 29.9 Å². The molecule has 0 radical (unpaired) electrons. The lowest BCUT2D eigenvalue weighted by atomic mass is 10.0. The van der Waals surface area contributed by atoms with Gasteiger partial charge in [-0.15, -0.1) is 12.4 Å². The quantitative estimate of drug-likeness (QED) is 0.882. The minimum absolute atomic E-state index is 0. The Morgan fingerprint density at radius 3 is 2.89 bits per heavy atom. The molecule has 6 heteroatoms. The molecule has 0 bridgehead atoms. The van der Waals surface area contributed by atoms with Crippen LogP contribution in [0.25, 0.3) is 0 Å². The molecular weight excluding hydrogens is 266 g/mol. The molecule has 2 rings (SSSR count). The SMILES string of the molecule is CCn1cc(NC(=O)[C@H]2CCCCN2)ccc1=O.Cl. The Hall–Kier alpha value is -1.33. The number of hydrogen-bond donors (Lipinski definition) is 2. The molecule has 0 spiro atoms. The fraction of sp³-hybridized carbons (Fsp3) is 0.538. The third-order valence-corrected chi connectivity index (χ3v) is 3.22. The van der Waals surface area contributed by atoms with Crippen molar-refractivity contribution in [2.75, 3.05) is 11.9 Å². The van der Waals surface area contributed by atoms with Crippen LogP contribution in [0.2, 0.25) is 0 Å². The Balaban J connectivity index is 0.00000180. The number of pyridine rings is 1. The largest absolute Gasteiger partial charge is 0.323 e. The molecule has 1 saturated heterocycles. The Bertz CT molecular complexity index is 481. The zero-order valence-corrected chi connectivity index (χ0v) is 11.8. The highest BCUT2D eigenvalue weighted by Crippen LogP contribution is 2.10. The van der Waals surface area contributed by atoms with E-state index in [0.717, 1.165) is 25.8 Å². The summed E-state index contributed by atoms with van der Waals surface area (Å²) in [5.41, 5.74) is 0.625. The third-order valence-electron chi connectivity index (χ3n) is 3.22. The Labute approximate surface area is 118 Å². The molecule has 0 unspecified atom stereocenters. The van der Waals surface area contributed by atoms with Crippen molar-refractivity contribution >= 4 is 24.0 Å². The molecule has 1 aromatic heterocycles. The zero-order valence-electron chi connectivity index (χ0n) is 11.0. The van der Waals surface area contributed by atoms with E-state index in [9.17, 15) is 9.59 Å². The second-order valence-electron chi connectivity index (χ2n) is 4.53. The van der Waals surface area contributed by atoms with Crippen molar-refractivity contribution in [3.8, 4) is 0 Å². The highest BCUT2D eigenvalue weighted by molar-refractivity contribution is 5.94. The van der Waals surface area contributed by atoms with Gasteiger partial charge in [-0.05, 0) is 32.4 Å². The van der Waals surface area contributed by atoms with Crippen LogP contribution in [-0.4, -0.2) is 23.1 Å². The van der Waals surface area contributed by atoms with Gasteiger partial charge in [0.2, 0.25) is 5.91 Å². The minimum Gasteiger partial charge on any atom is -0.323 e. The van der Waals surface area contributed by atoms with E-state index in [1.165, 1.54) is 6.07 Å². The first-order chi connectivity index (χ1) is 8.70. The number of aryl methyl sites for hydroxylation is 1. The van der Waals surface area contributed by atoms with Gasteiger partial charge in [-0.3, -0.25) is 9.59 Å². The molecule has 1 atom stereocenters. The fourth-order valence-electron chi connectivity index (χ4n) is 2.16. The van der Waals surface area contributed by atoms with Crippen LogP contribution < -0.4 is 16.2 Å². The van der Waals surface area contributed by atoms with Crippen LogP contribution in [0, 0.1) is 0 Å². The van der Waals surface area contributed by atoms with Gasteiger partial charge in [-0.1, -0.05) is 6.42 Å². The van der Waals surface area contributed by atoms with Gasteiger partial charge < -0.3 is 15.2 Å². The van der Waals surface area contributed by atoms with Gasteiger partial charge in [0.05, 0.1) is 11.7 Å². The van der Waals surface area contributed by atoms with E-state index in [2.05, 4.69) is 10.6 Å². The minimum atomic E-state index is -0.110. The van der Waals surface area contributed by atoms with Gasteiger partial charge >= 0.3 is 0 Å². The molecule has 1 fully saturated rings. The molecule has 1 aliphatic heterocycles. The summed E-state index contributed by atoms with van der Waals surface area (Å²) in [7, 11) is 0. The van der Waals surface area contributed by atoms with Gasteiger partial charge in [0.25, 0.3) is 5.56 Å². The van der Waals surface area contributed by atoms with Crippen molar-refractivity contribution in [2.45, 2.75) is 38.8 Å². The number of carbonyl (C=O) groups is 1. The number of rotatable bonds is 3. The molecule has 1 amide bonds. The van der Waals surface area contributed by atoms with E-state index in [1.54, 1.807) is 16.8 Å². The lowest BCUT2D eigenvalue weighted by Crippen LogP contribution is -2.43. The Morgan fingerprint density at radius 1 is 1.47 bits per heavy atom. The number of piperidine rings is 1. The van der Waals surface area contributed by atoms with Crippen molar-refractivity contribution in [2.24, 2.45) is 0 Å². The maximum absolute atomic E-state index is 12.0. The molecule has 2 heterocycles. The van der Waals surface area contributed by atoms with Crippen molar-refractivity contribution in [3.63, 3.8) is 0 Å². The smallest absolute Gasteiger partial charge is 0.250 e. The summed E-state index contributed by atoms with van der Waals surface area (Å²) in [6.45, 7) is 3.40. The van der Waals surface area contributed by atoms with Gasteiger partial charge in [0, 0.05) is 18.8 Å². The summed E-state index contributed by atoms with van der Waals surface area (Å²) < 4.78 is 1.57. The first-order valence-corrected chi connectivity index (χ1v) is 6.45. The number of halogens is 1. The lowest BCUT2D eigenvalue weighted by molar-refractivity contribution is -0.118. The van der Waals surface area contributed by atoms with E-state index in [0.29, 0.717) is 12.2 Å². The van der Waals surface area contributed by atoms with Gasteiger partial charge in [-0.25, -0.2) is 0 Å². The van der Waals surface area contributed by atoms with Crippen LogP contribution in [0.3, 0.4) is 0 Å². The number of nitrogens with one attached hydrogen (secondary N) is 2. The van der Waals surface area contributed by atoms with Crippen molar-refractivity contribution in [1.82, 2.24) is 9.88 Å². The van der Waals surface area contributed by atoms with Crippen LogP contribution in [0.1, 0.15) is 26.2 Å². The number of anilines is 1. The lowest BCUT2D eigenvalue weighted by Gasteiger charge is -2.22. The second kappa shape index (κ2) is 7.31. The summed E-state index contributed by atoms with van der Waals surface area (Å²) in [6.07, 6.45) is 4.77. The summed E-state index contributed by atoms with van der Waals surface area (Å²) in [5, 5.41) is 6.05. The first-order valence-electron chi connectivity index (χ1n) is 6.45. The average molecular weight is 286 g/mol. The van der Waals surface area contributed by atoms with Crippen LogP contribution in [0.15, 0.2) is 23.1 Å². The molecule has 0 aromatic carbocycles. The topological polar surface area (TPSA) is 63.1 Å². The molecule has 19 heavy (non-hydrogen) atoms. The van der Waals surface area contributed by atoms with Crippen molar-refractivity contribution in [1.29, 1.82) is 0 Å². The molecule has 106 valence electrons. The maximum Gasteiger partial charge on any atom is 0.250 e. The van der Waals surface area contributed by atoms with Crippen LogP contribution in [0.5, 0.6) is 0 Å². The predicted molar refractivity (Wildman–Crippen MR) is 77.9 cm³/mol. The number of nitrogens with zero attached hydrogens (tertiary/aromatic N) is 1. The van der Waals surface area contributed by atoms with E-state index in [1.807, 2.05) is 6.92 Å². The molecule has 1 aliphatic rings. The van der Waals surface area contributed by atoms with Crippen molar-refractivity contribution < 1.29 is 4.79 Å². The monoisotopic (exact) mass is 285 g/mol. The van der Waals surface area contributed by atoms with Crippen LogP contribution in [0.4, 0.5) is 5.69 Å². The molecule has 2 N–H and O–H groups in total. The van der Waals surface area contributed by atoms with Crippen LogP contribution >= 0.6 is 12.4 Å². The molecular formula is C13H20ClN3O2. The highest BCUT2D eigenvalue weighted by atomic mass is 35.5. The molecule has 1 aromatic rings. The Kier molecular flexibility index (Phi) is 6.05. The van der Waals surface area contributed by atoms with Gasteiger partial charge in [-0.2, -0.15) is 0 Å². The third kappa shape index (κ3) is 4.08. The van der Waals surface area contributed by atoms with Gasteiger partial charge in [0.15, 0.2) is 0 Å². The fourth-order valence-corrected chi connectivity index (χ4v) is 2.16. The first kappa shape index (κ1) is 15.7. The standard InChI is InChI=1S/C13H19N3O2.ClH/c1-2-16-9-10(6-7-12(16)17)15-13(18)11-5-3-4-8-14-11;/h6-7,9,11,14H,2-5,8H2,1H3,(H,15,18);1H/t11-;/m1./s1. The number of hydrogen-bond acceptors (Lipinski definition) is 3. The average Bonchev–Trinajstić information content (AvgIpc) is 2.42. The molecule has 5 nitrogen and oxygen atoms in total. The summed E-state index contributed by atoms with van der Waals surface area (Å²) in [6, 6.07) is 3.02. The Morgan fingerprint density at radius 2 is 2.26 bits per heavy atom. The van der Waals surface area contributed by atoms with Crippen LogP contribution in [-0.2, 0) is 11.3 Å². The highest BCUT2D eigenvalue weighted by Gasteiger charge is 2.20. The molecule has 0 saturated carbocycles. The number of amides is 1. The summed E-state index contributed by atoms with van der Waals surface area (Å²) in [4.78, 5) is 23.4. The normalized spacial score (nSPS) is 18.5. The van der Waals surface area contributed by atoms with Crippen molar-refractivity contribution in [3.05, 3.63) is 28.7 Å². The van der Waals surface area contributed by atoms with Gasteiger partial charge in [0.1, 0.15) is 0 Å². The number of aromatic nitrogens is 1. The second-order valence-corrected chi connectivity index (χ2v) is 4.53. The van der Waals surface area contributed by atoms with E-state index >= 15 is 0 Å². The zero-order chi connectivity index (χ0) is 13.0. The predicted octanol–water partition coefficient (Wildman–Crippen LogP) is 1.37. The molecule has 0 aliphatic carbocycles. The number of carbonyl (C=O) groups excluding carboxylic acids is 1. The van der Waals surface area contributed by atoms with E-state index < -0.39 is 0 Å².